The summed E-state index contributed by atoms with van der Waals surface area (Å²) < 4.78 is 11.5. The number of benzene rings is 2. The Labute approximate surface area is 178 Å². The minimum Gasteiger partial charge on any atom is -0.486 e. The summed E-state index contributed by atoms with van der Waals surface area (Å²) in [7, 11) is 0. The Morgan fingerprint density at radius 3 is 2.72 bits per heavy atom. The molecule has 2 heterocycles. The Bertz CT molecular complexity index is 1110. The third-order valence-corrected chi connectivity index (χ3v) is 5.08. The van der Waals surface area contributed by atoms with Crippen LogP contribution in [0.5, 0.6) is 5.75 Å². The lowest BCUT2D eigenvalue weighted by atomic mass is 10.2. The molecule has 0 unspecified atom stereocenters. The van der Waals surface area contributed by atoms with Crippen molar-refractivity contribution in [3.8, 4) is 5.75 Å². The van der Waals surface area contributed by atoms with Gasteiger partial charge in [0.2, 0.25) is 0 Å². The zero-order chi connectivity index (χ0) is 20.4. The van der Waals surface area contributed by atoms with Gasteiger partial charge < -0.3 is 14.5 Å². The summed E-state index contributed by atoms with van der Waals surface area (Å²) >= 11 is 11.3. The monoisotopic (exact) mass is 424 g/mol. The first-order valence-electron chi connectivity index (χ1n) is 8.91. The van der Waals surface area contributed by atoms with E-state index in [1.54, 1.807) is 24.3 Å². The first-order chi connectivity index (χ1) is 14.0. The van der Waals surface area contributed by atoms with Crippen molar-refractivity contribution in [2.24, 2.45) is 0 Å². The zero-order valence-corrected chi connectivity index (χ0v) is 17.1. The molecule has 1 fully saturated rings. The number of hydrogen-bond acceptors (Lipinski definition) is 4. The Morgan fingerprint density at radius 1 is 1.17 bits per heavy atom. The van der Waals surface area contributed by atoms with Gasteiger partial charge in [0.05, 0.1) is 5.69 Å². The van der Waals surface area contributed by atoms with E-state index in [0.717, 1.165) is 5.56 Å². The number of para-hydroxylation sites is 1. The maximum absolute atomic E-state index is 12.7. The van der Waals surface area contributed by atoms with Crippen molar-refractivity contribution >= 4 is 46.6 Å². The molecule has 29 heavy (non-hydrogen) atoms. The molecule has 4 rings (SSSR count). The fourth-order valence-corrected chi connectivity index (χ4v) is 3.32. The highest BCUT2D eigenvalue weighted by molar-refractivity contribution is 7.80. The highest BCUT2D eigenvalue weighted by Gasteiger charge is 2.32. The number of nitrogens with one attached hydrogen (secondary N) is 1. The van der Waals surface area contributed by atoms with E-state index in [-0.39, 0.29) is 12.5 Å². The molecule has 1 saturated heterocycles. The molecule has 1 N–H and O–H groups in total. The van der Waals surface area contributed by atoms with Gasteiger partial charge in [-0.1, -0.05) is 29.8 Å². The van der Waals surface area contributed by atoms with Crippen LogP contribution in [0, 0.1) is 6.92 Å². The highest BCUT2D eigenvalue weighted by atomic mass is 35.5. The average Bonchev–Trinajstić information content (AvgIpc) is 3.27. The fourth-order valence-electron chi connectivity index (χ4n) is 2.90. The number of furan rings is 1. The van der Waals surface area contributed by atoms with Crippen molar-refractivity contribution < 1.29 is 13.9 Å². The lowest BCUT2D eigenvalue weighted by molar-refractivity contribution is -0.113. The van der Waals surface area contributed by atoms with Crippen LogP contribution < -0.4 is 15.0 Å². The van der Waals surface area contributed by atoms with Gasteiger partial charge in [-0.2, -0.15) is 0 Å². The number of nitrogens with zero attached hydrogens (tertiary/aromatic N) is 1. The highest BCUT2D eigenvalue weighted by Crippen LogP contribution is 2.24. The van der Waals surface area contributed by atoms with Gasteiger partial charge in [-0.3, -0.25) is 9.69 Å². The molecular weight excluding hydrogens is 408 g/mol. The summed E-state index contributed by atoms with van der Waals surface area (Å²) in [6, 6.07) is 18.3. The molecule has 1 amide bonds. The summed E-state index contributed by atoms with van der Waals surface area (Å²) in [5.41, 5.74) is 2.01. The number of carbonyl (C=O) groups is 1. The lowest BCUT2D eigenvalue weighted by Gasteiger charge is -2.13. The van der Waals surface area contributed by atoms with E-state index < -0.39 is 0 Å². The number of aryl methyl sites for hydroxylation is 1. The van der Waals surface area contributed by atoms with E-state index in [4.69, 9.17) is 33.0 Å². The smallest absolute Gasteiger partial charge is 0.281 e. The third-order valence-electron chi connectivity index (χ3n) is 4.37. The molecule has 146 valence electrons. The van der Waals surface area contributed by atoms with Crippen molar-refractivity contribution in [3.63, 3.8) is 0 Å². The number of amides is 1. The standard InChI is InChI=1S/C22H17ClN2O3S/c1-14-11-16(9-10-19(14)23)27-13-18-8-7-17(28-18)12-20-21(26)25(22(29)24-20)15-5-3-2-4-6-15/h2-12H,13H2,1H3,(H,24,29)/b20-12+. The van der Waals surface area contributed by atoms with E-state index >= 15 is 0 Å². The normalized spacial score (nSPS) is 15.1. The summed E-state index contributed by atoms with van der Waals surface area (Å²) in [5.74, 6) is 1.65. The quantitative estimate of drug-likeness (QED) is 0.457. The molecular formula is C22H17ClN2O3S. The van der Waals surface area contributed by atoms with Crippen LogP contribution in [0.25, 0.3) is 6.08 Å². The second-order valence-corrected chi connectivity index (χ2v) is 7.26. The first kappa shape index (κ1) is 19.2. The molecule has 1 aliphatic rings. The first-order valence-corrected chi connectivity index (χ1v) is 9.70. The van der Waals surface area contributed by atoms with Crippen molar-refractivity contribution in [1.29, 1.82) is 0 Å². The number of ether oxygens (including phenoxy) is 1. The number of carbonyl (C=O) groups excluding carboxylic acids is 1. The van der Waals surface area contributed by atoms with Crippen LogP contribution in [-0.2, 0) is 11.4 Å². The summed E-state index contributed by atoms with van der Waals surface area (Å²) in [6.07, 6.45) is 1.63. The summed E-state index contributed by atoms with van der Waals surface area (Å²) in [6.45, 7) is 2.18. The molecule has 2 aromatic carbocycles. The van der Waals surface area contributed by atoms with Gasteiger partial charge in [0.1, 0.15) is 29.6 Å². The van der Waals surface area contributed by atoms with E-state index in [2.05, 4.69) is 5.32 Å². The topological polar surface area (TPSA) is 54.7 Å². The second kappa shape index (κ2) is 8.11. The maximum Gasteiger partial charge on any atom is 0.281 e. The van der Waals surface area contributed by atoms with E-state index in [1.807, 2.05) is 49.4 Å². The summed E-state index contributed by atoms with van der Waals surface area (Å²) in [4.78, 5) is 14.2. The van der Waals surface area contributed by atoms with Crippen LogP contribution in [0.3, 0.4) is 0 Å². The van der Waals surface area contributed by atoms with Crippen molar-refractivity contribution in [2.75, 3.05) is 4.90 Å². The van der Waals surface area contributed by atoms with E-state index in [1.165, 1.54) is 4.90 Å². The lowest BCUT2D eigenvalue weighted by Crippen LogP contribution is -2.30. The Kier molecular flexibility index (Phi) is 5.38. The average molecular weight is 425 g/mol. The number of halogens is 1. The minimum absolute atomic E-state index is 0.230. The van der Waals surface area contributed by atoms with Gasteiger partial charge >= 0.3 is 0 Å². The molecule has 0 bridgehead atoms. The molecule has 1 aliphatic heterocycles. The Morgan fingerprint density at radius 2 is 1.97 bits per heavy atom. The van der Waals surface area contributed by atoms with Gasteiger partial charge in [-0.05, 0) is 67.2 Å². The molecule has 0 aliphatic carbocycles. The molecule has 0 spiro atoms. The number of hydrogen-bond donors (Lipinski definition) is 1. The molecule has 1 aromatic heterocycles. The predicted molar refractivity (Wildman–Crippen MR) is 117 cm³/mol. The van der Waals surface area contributed by atoms with Crippen LogP contribution in [0.2, 0.25) is 5.02 Å². The molecule has 3 aromatic rings. The molecule has 5 nitrogen and oxygen atoms in total. The Hall–Kier alpha value is -3.09. The second-order valence-electron chi connectivity index (χ2n) is 6.47. The summed E-state index contributed by atoms with van der Waals surface area (Å²) in [5, 5.41) is 3.97. The van der Waals surface area contributed by atoms with Crippen LogP contribution in [0.4, 0.5) is 5.69 Å². The molecule has 7 heteroatoms. The van der Waals surface area contributed by atoms with Gasteiger partial charge in [0.15, 0.2) is 5.11 Å². The number of rotatable bonds is 5. The fraction of sp³-hybridized carbons (Fsp3) is 0.0909. The van der Waals surface area contributed by atoms with Gasteiger partial charge in [0, 0.05) is 11.1 Å². The number of anilines is 1. The van der Waals surface area contributed by atoms with Gasteiger partial charge in [-0.25, -0.2) is 0 Å². The van der Waals surface area contributed by atoms with Crippen LogP contribution >= 0.6 is 23.8 Å². The van der Waals surface area contributed by atoms with E-state index in [9.17, 15) is 4.79 Å². The van der Waals surface area contributed by atoms with Gasteiger partial charge in [-0.15, -0.1) is 0 Å². The van der Waals surface area contributed by atoms with Crippen LogP contribution in [0.1, 0.15) is 17.1 Å². The van der Waals surface area contributed by atoms with Crippen molar-refractivity contribution in [2.45, 2.75) is 13.5 Å². The van der Waals surface area contributed by atoms with Crippen LogP contribution in [-0.4, -0.2) is 11.0 Å². The van der Waals surface area contributed by atoms with Crippen LogP contribution in [0.15, 0.2) is 70.8 Å². The third kappa shape index (κ3) is 4.18. The van der Waals surface area contributed by atoms with Crippen molar-refractivity contribution in [3.05, 3.63) is 88.5 Å². The molecule has 0 radical (unpaired) electrons. The van der Waals surface area contributed by atoms with Crippen molar-refractivity contribution in [1.82, 2.24) is 5.32 Å². The molecule has 0 saturated carbocycles. The minimum atomic E-state index is -0.230. The largest absolute Gasteiger partial charge is 0.486 e. The predicted octanol–water partition coefficient (Wildman–Crippen LogP) is 5.08. The zero-order valence-electron chi connectivity index (χ0n) is 15.5. The number of thiocarbonyl (C=S) groups is 1. The SMILES string of the molecule is Cc1cc(OCc2ccc(/C=C3/NC(=S)N(c4ccccc4)C3=O)o2)ccc1Cl. The maximum atomic E-state index is 12.7. The van der Waals surface area contributed by atoms with E-state index in [0.29, 0.717) is 38.8 Å². The van der Waals surface area contributed by atoms with Gasteiger partial charge in [0.25, 0.3) is 5.91 Å². The Balaban J connectivity index is 1.45. The molecule has 0 atom stereocenters.